The minimum absolute atomic E-state index is 0.161. The van der Waals surface area contributed by atoms with Crippen LogP contribution in [-0.2, 0) is 6.42 Å². The molecule has 5 aromatic heterocycles. The van der Waals surface area contributed by atoms with Crippen molar-refractivity contribution in [3.05, 3.63) is 78.1 Å². The van der Waals surface area contributed by atoms with E-state index in [1.165, 1.54) is 16.6 Å². The molecule has 2 aromatic carbocycles. The van der Waals surface area contributed by atoms with Gasteiger partial charge in [-0.15, -0.1) is 34.0 Å². The Morgan fingerprint density at radius 3 is 2.21 bits per heavy atom. The predicted octanol–water partition coefficient (Wildman–Crippen LogP) is 10.8. The van der Waals surface area contributed by atoms with Crippen molar-refractivity contribution in [1.82, 2.24) is 13.7 Å². The van der Waals surface area contributed by atoms with Gasteiger partial charge in [0, 0.05) is 50.7 Å². The van der Waals surface area contributed by atoms with E-state index in [9.17, 15) is 5.26 Å². The van der Waals surface area contributed by atoms with E-state index in [2.05, 4.69) is 50.4 Å². The third kappa shape index (κ3) is 6.03. The first-order valence-corrected chi connectivity index (χ1v) is 18.4. The van der Waals surface area contributed by atoms with Gasteiger partial charge in [-0.25, -0.2) is 9.37 Å². The van der Waals surface area contributed by atoms with Crippen LogP contribution in [0.5, 0.6) is 0 Å². The Balaban J connectivity index is 1.23. The molecular weight excluding hydrogens is 664 g/mol. The molecule has 5 heterocycles. The number of anilines is 2. The van der Waals surface area contributed by atoms with Crippen molar-refractivity contribution >= 4 is 77.7 Å². The zero-order valence-electron chi connectivity index (χ0n) is 26.5. The number of halogens is 1. The van der Waals surface area contributed by atoms with E-state index < -0.39 is 0 Å². The Labute approximate surface area is 289 Å². The maximum absolute atomic E-state index is 15.2. The summed E-state index contributed by atoms with van der Waals surface area (Å²) in [4.78, 5) is 12.9. The summed E-state index contributed by atoms with van der Waals surface area (Å²) in [6.45, 7) is 4.39. The van der Waals surface area contributed by atoms with Gasteiger partial charge in [0.25, 0.3) is 0 Å². The number of aryl methyl sites for hydroxylation is 1. The van der Waals surface area contributed by atoms with Gasteiger partial charge < -0.3 is 4.90 Å². The number of benzene rings is 2. The van der Waals surface area contributed by atoms with Crippen LogP contribution in [0, 0.1) is 23.2 Å². The molecule has 7 aromatic rings. The van der Waals surface area contributed by atoms with Gasteiger partial charge in [0.15, 0.2) is 6.19 Å². The maximum atomic E-state index is 15.2. The smallest absolute Gasteiger partial charge is 0.183 e. The fraction of sp³-hybridized carbons (Fsp3) is 0.222. The predicted molar refractivity (Wildman–Crippen MR) is 200 cm³/mol. The number of thiophene rings is 3. The molecule has 47 heavy (non-hydrogen) atoms. The number of nitrogens with zero attached hydrogens (tertiary/aromatic N) is 6. The molecule has 0 amide bonds. The van der Waals surface area contributed by atoms with Crippen molar-refractivity contribution in [2.24, 2.45) is 5.92 Å². The van der Waals surface area contributed by atoms with Gasteiger partial charge in [0.1, 0.15) is 28.4 Å². The van der Waals surface area contributed by atoms with Crippen molar-refractivity contribution < 1.29 is 4.39 Å². The summed E-state index contributed by atoms with van der Waals surface area (Å²) in [7, 11) is 5.75. The molecule has 0 aliphatic rings. The molecule has 7 rings (SSSR count). The van der Waals surface area contributed by atoms with Crippen LogP contribution in [0.4, 0.5) is 15.9 Å². The first-order valence-electron chi connectivity index (χ1n) is 15.2. The number of pyridine rings is 1. The summed E-state index contributed by atoms with van der Waals surface area (Å²) >= 11 is 6.16. The lowest BCUT2D eigenvalue weighted by Crippen LogP contribution is -2.12. The normalized spacial score (nSPS) is 11.5. The molecule has 0 aliphatic carbocycles. The molecule has 0 bridgehead atoms. The highest BCUT2D eigenvalue weighted by molar-refractivity contribution is 7.31. The highest BCUT2D eigenvalue weighted by Gasteiger charge is 2.24. The molecule has 6 nitrogen and oxygen atoms in total. The Kier molecular flexibility index (Phi) is 8.53. The van der Waals surface area contributed by atoms with Crippen LogP contribution in [-0.4, -0.2) is 34.9 Å². The molecule has 236 valence electrons. The third-order valence-corrected chi connectivity index (χ3v) is 12.1. The molecule has 0 atom stereocenters. The SMILES string of the molecule is CC(C)CCc1ccc(-c2cc3sc(-c4c(N(C)C)nc(-c5ccc(-c6ccc(N(C)C#N)cc6)s5)c5nsnc45)cc3s2)c(F)c1. The first kappa shape index (κ1) is 31.4. The fourth-order valence-corrected chi connectivity index (χ4v) is 9.56. The van der Waals surface area contributed by atoms with Crippen LogP contribution in [0.15, 0.2) is 66.7 Å². The van der Waals surface area contributed by atoms with Gasteiger partial charge >= 0.3 is 0 Å². The third-order valence-electron chi connectivity index (χ3n) is 8.11. The molecular formula is C36H31FN6S4. The van der Waals surface area contributed by atoms with Crippen LogP contribution >= 0.6 is 45.7 Å². The van der Waals surface area contributed by atoms with E-state index in [0.29, 0.717) is 11.5 Å². The lowest BCUT2D eigenvalue weighted by Gasteiger charge is -2.17. The summed E-state index contributed by atoms with van der Waals surface area (Å²) in [6.07, 6.45) is 4.08. The van der Waals surface area contributed by atoms with E-state index in [1.807, 2.05) is 49.3 Å². The summed E-state index contributed by atoms with van der Waals surface area (Å²) in [5.41, 5.74) is 7.02. The molecule has 0 saturated heterocycles. The second-order valence-electron chi connectivity index (χ2n) is 12.1. The Bertz CT molecular complexity index is 2240. The topological polar surface area (TPSA) is 68.9 Å². The number of fused-ring (bicyclic) bond motifs is 2. The molecule has 0 saturated carbocycles. The average Bonchev–Trinajstić information content (AvgIpc) is 3.87. The molecule has 11 heteroatoms. The number of rotatable bonds is 9. The number of nitriles is 1. The molecule has 0 radical (unpaired) electrons. The van der Waals surface area contributed by atoms with Crippen LogP contribution < -0.4 is 9.80 Å². The van der Waals surface area contributed by atoms with Gasteiger partial charge in [0.2, 0.25) is 0 Å². The number of hydrogen-bond acceptors (Lipinski definition) is 10. The quantitative estimate of drug-likeness (QED) is 0.111. The summed E-state index contributed by atoms with van der Waals surface area (Å²) in [5.74, 6) is 1.26. The van der Waals surface area contributed by atoms with Crippen LogP contribution in [0.1, 0.15) is 25.8 Å². The highest BCUT2D eigenvalue weighted by atomic mass is 32.1. The highest BCUT2D eigenvalue weighted by Crippen LogP contribution is 2.47. The number of aromatic nitrogens is 3. The Hall–Kier alpha value is -4.21. The average molecular weight is 695 g/mol. The standard InChI is InChI=1S/C36H31FN6S4/c1-20(2)6-7-21-8-13-24(25(37)16-21)28-17-29-30(45-28)18-31(46-29)32-34-35(41-47-40-34)33(39-36(32)42(3)4)27-15-14-26(44-27)22-9-11-23(12-10-22)43(5)19-38/h8-18,20H,6-7H2,1-5H3. The fourth-order valence-electron chi connectivity index (χ4n) is 5.54. The van der Waals surface area contributed by atoms with Crippen molar-refractivity contribution in [1.29, 1.82) is 5.26 Å². The van der Waals surface area contributed by atoms with E-state index in [4.69, 9.17) is 13.7 Å². The van der Waals surface area contributed by atoms with Crippen molar-refractivity contribution in [2.45, 2.75) is 26.7 Å². The zero-order valence-corrected chi connectivity index (χ0v) is 29.8. The maximum Gasteiger partial charge on any atom is 0.183 e. The second kappa shape index (κ2) is 12.8. The zero-order chi connectivity index (χ0) is 32.8. The molecule has 0 fully saturated rings. The summed E-state index contributed by atoms with van der Waals surface area (Å²) in [6, 6.07) is 22.1. The van der Waals surface area contributed by atoms with Gasteiger partial charge in [-0.05, 0) is 72.4 Å². The van der Waals surface area contributed by atoms with Gasteiger partial charge in [-0.2, -0.15) is 14.0 Å². The van der Waals surface area contributed by atoms with E-state index in [-0.39, 0.29) is 5.82 Å². The van der Waals surface area contributed by atoms with Crippen LogP contribution in [0.2, 0.25) is 0 Å². The molecule has 0 spiro atoms. The van der Waals surface area contributed by atoms with Crippen molar-refractivity contribution in [3.63, 3.8) is 0 Å². The number of hydrogen-bond donors (Lipinski definition) is 0. The largest absolute Gasteiger partial charge is 0.362 e. The monoisotopic (exact) mass is 694 g/mol. The second-order valence-corrected chi connectivity index (χ2v) is 15.9. The Morgan fingerprint density at radius 1 is 0.809 bits per heavy atom. The van der Waals surface area contributed by atoms with Crippen LogP contribution in [0.25, 0.3) is 62.3 Å². The summed E-state index contributed by atoms with van der Waals surface area (Å²) in [5, 5.41) is 9.19. The van der Waals surface area contributed by atoms with Gasteiger partial charge in [0.05, 0.1) is 27.9 Å². The van der Waals surface area contributed by atoms with Crippen molar-refractivity contribution in [2.75, 3.05) is 30.9 Å². The lowest BCUT2D eigenvalue weighted by atomic mass is 10.0. The van der Waals surface area contributed by atoms with E-state index in [1.54, 1.807) is 47.1 Å². The van der Waals surface area contributed by atoms with Crippen molar-refractivity contribution in [3.8, 4) is 48.1 Å². The van der Waals surface area contributed by atoms with Gasteiger partial charge in [-0.3, -0.25) is 4.90 Å². The molecule has 0 N–H and O–H groups in total. The molecule has 0 unspecified atom stereocenters. The van der Waals surface area contributed by atoms with E-state index in [0.717, 1.165) is 86.7 Å². The van der Waals surface area contributed by atoms with Gasteiger partial charge in [-0.1, -0.05) is 38.1 Å². The summed E-state index contributed by atoms with van der Waals surface area (Å²) < 4.78 is 27.0. The van der Waals surface area contributed by atoms with E-state index >= 15 is 4.39 Å². The lowest BCUT2D eigenvalue weighted by molar-refractivity contribution is 0.582. The van der Waals surface area contributed by atoms with Crippen LogP contribution in [0.3, 0.4) is 0 Å². The minimum atomic E-state index is -0.161. The first-order chi connectivity index (χ1) is 22.7. The minimum Gasteiger partial charge on any atom is -0.362 e. The molecule has 0 aliphatic heterocycles. The Morgan fingerprint density at radius 2 is 1.51 bits per heavy atom.